The number of rotatable bonds is 9. The summed E-state index contributed by atoms with van der Waals surface area (Å²) in [6, 6.07) is 6.08. The lowest BCUT2D eigenvalue weighted by Gasteiger charge is -2.12. The molecule has 5 nitrogen and oxygen atoms in total. The maximum Gasteiger partial charge on any atom is 0.416 e. The van der Waals surface area contributed by atoms with Crippen molar-refractivity contribution in [1.82, 2.24) is 4.98 Å². The SMILES string of the molecule is FC(F)(F)c1ccc2nc(OCCCOc3c(Cl)cc(OCC=C(Cl)Cl)cc3Cl)oc2c1. The normalized spacial score (nSPS) is 11.5. The third-order valence-electron chi connectivity index (χ3n) is 3.92. The molecule has 0 radical (unpaired) electrons. The molecule has 0 fully saturated rings. The number of halogens is 7. The topological polar surface area (TPSA) is 53.7 Å². The van der Waals surface area contributed by atoms with Crippen LogP contribution in [0.15, 0.2) is 45.3 Å². The van der Waals surface area contributed by atoms with Gasteiger partial charge in [-0.2, -0.15) is 18.2 Å². The van der Waals surface area contributed by atoms with Crippen LogP contribution in [0.3, 0.4) is 0 Å². The van der Waals surface area contributed by atoms with Crippen molar-refractivity contribution in [3.8, 4) is 17.6 Å². The number of hydrogen-bond acceptors (Lipinski definition) is 5. The molecule has 0 aliphatic heterocycles. The number of hydrogen-bond donors (Lipinski definition) is 0. The molecule has 0 unspecified atom stereocenters. The first-order valence-corrected chi connectivity index (χ1v) is 10.5. The van der Waals surface area contributed by atoms with E-state index < -0.39 is 11.7 Å². The van der Waals surface area contributed by atoms with E-state index in [1.807, 2.05) is 0 Å². The number of fused-ring (bicyclic) bond motifs is 1. The van der Waals surface area contributed by atoms with Gasteiger partial charge in [-0.15, -0.1) is 0 Å². The number of oxazole rings is 1. The first-order chi connectivity index (χ1) is 15.1. The summed E-state index contributed by atoms with van der Waals surface area (Å²) in [6.45, 7) is 0.476. The van der Waals surface area contributed by atoms with E-state index in [0.717, 1.165) is 12.1 Å². The average molecular weight is 531 g/mol. The van der Waals surface area contributed by atoms with Gasteiger partial charge in [-0.25, -0.2) is 0 Å². The molecule has 0 saturated carbocycles. The molecule has 0 amide bonds. The van der Waals surface area contributed by atoms with E-state index in [-0.39, 0.29) is 57.3 Å². The van der Waals surface area contributed by atoms with Crippen LogP contribution in [0.2, 0.25) is 10.0 Å². The van der Waals surface area contributed by atoms with Crippen LogP contribution < -0.4 is 14.2 Å². The van der Waals surface area contributed by atoms with Gasteiger partial charge in [-0.3, -0.25) is 0 Å². The van der Waals surface area contributed by atoms with Gasteiger partial charge in [0.05, 0.1) is 28.8 Å². The molecule has 172 valence electrons. The minimum absolute atomic E-state index is 0.0178. The molecular formula is C20H14Cl4F3NO4. The Bertz CT molecular complexity index is 1090. The van der Waals surface area contributed by atoms with Crippen LogP contribution in [-0.4, -0.2) is 24.8 Å². The maximum atomic E-state index is 12.8. The van der Waals surface area contributed by atoms with Gasteiger partial charge in [-0.05, 0) is 24.3 Å². The molecule has 1 heterocycles. The molecular weight excluding hydrogens is 517 g/mol. The number of nitrogens with zero attached hydrogens (tertiary/aromatic N) is 1. The summed E-state index contributed by atoms with van der Waals surface area (Å²) in [5, 5.41) is 0.488. The molecule has 0 saturated heterocycles. The van der Waals surface area contributed by atoms with E-state index in [2.05, 4.69) is 4.98 Å². The van der Waals surface area contributed by atoms with Crippen LogP contribution in [0.1, 0.15) is 12.0 Å². The van der Waals surface area contributed by atoms with Gasteiger partial charge >= 0.3 is 12.3 Å². The fraction of sp³-hybridized carbons (Fsp3) is 0.250. The Hall–Kier alpha value is -2.00. The van der Waals surface area contributed by atoms with Gasteiger partial charge in [0.1, 0.15) is 22.4 Å². The number of aromatic nitrogens is 1. The molecule has 0 spiro atoms. The largest absolute Gasteiger partial charge is 0.490 e. The van der Waals surface area contributed by atoms with Crippen molar-refractivity contribution in [2.24, 2.45) is 0 Å². The van der Waals surface area contributed by atoms with Crippen LogP contribution in [-0.2, 0) is 6.18 Å². The summed E-state index contributed by atoms with van der Waals surface area (Å²) in [5.41, 5.74) is -0.588. The monoisotopic (exact) mass is 529 g/mol. The van der Waals surface area contributed by atoms with E-state index in [1.54, 1.807) is 0 Å². The van der Waals surface area contributed by atoms with Gasteiger partial charge in [-0.1, -0.05) is 46.4 Å². The highest BCUT2D eigenvalue weighted by Crippen LogP contribution is 2.37. The Labute approximate surface area is 200 Å². The quantitative estimate of drug-likeness (QED) is 0.265. The van der Waals surface area contributed by atoms with Gasteiger partial charge < -0.3 is 18.6 Å². The molecule has 0 aliphatic rings. The van der Waals surface area contributed by atoms with Crippen molar-refractivity contribution in [3.63, 3.8) is 0 Å². The third kappa shape index (κ3) is 6.75. The van der Waals surface area contributed by atoms with E-state index in [9.17, 15) is 13.2 Å². The average Bonchev–Trinajstić information content (AvgIpc) is 3.10. The zero-order valence-electron chi connectivity index (χ0n) is 16.0. The first kappa shape index (κ1) is 24.6. The Balaban J connectivity index is 1.49. The van der Waals surface area contributed by atoms with Crippen LogP contribution in [0, 0.1) is 0 Å². The first-order valence-electron chi connectivity index (χ1n) is 9.00. The zero-order chi connectivity index (χ0) is 23.3. The zero-order valence-corrected chi connectivity index (χ0v) is 19.0. The van der Waals surface area contributed by atoms with Gasteiger partial charge in [0.15, 0.2) is 11.3 Å². The highest BCUT2D eigenvalue weighted by molar-refractivity contribution is 6.55. The number of alkyl halides is 3. The number of ether oxygens (including phenoxy) is 3. The molecule has 0 bridgehead atoms. The predicted octanol–water partition coefficient (Wildman–Crippen LogP) is 7.70. The minimum atomic E-state index is -4.47. The Kier molecular flexibility index (Phi) is 8.27. The summed E-state index contributed by atoms with van der Waals surface area (Å²) < 4.78 is 59.9. The maximum absolute atomic E-state index is 12.8. The van der Waals surface area contributed by atoms with E-state index in [4.69, 9.17) is 65.0 Å². The lowest BCUT2D eigenvalue weighted by atomic mass is 10.2. The Morgan fingerprint density at radius 3 is 2.34 bits per heavy atom. The Morgan fingerprint density at radius 2 is 1.69 bits per heavy atom. The standard InChI is InChI=1S/C20H14Cl4F3NO4/c21-13-9-12(29-7-4-17(23)24)10-14(22)18(13)30-5-1-6-31-19-28-15-3-2-11(20(25,26)27)8-16(15)32-19/h2-4,8-10H,1,5-7H2. The van der Waals surface area contributed by atoms with Crippen molar-refractivity contribution in [2.45, 2.75) is 12.6 Å². The lowest BCUT2D eigenvalue weighted by Crippen LogP contribution is -2.06. The van der Waals surface area contributed by atoms with E-state index >= 15 is 0 Å². The molecule has 3 aromatic rings. The van der Waals surface area contributed by atoms with Crippen LogP contribution >= 0.6 is 46.4 Å². The summed E-state index contributed by atoms with van der Waals surface area (Å²) in [4.78, 5) is 3.99. The second-order valence-electron chi connectivity index (χ2n) is 6.23. The smallest absolute Gasteiger partial charge is 0.416 e. The Morgan fingerprint density at radius 1 is 1.00 bits per heavy atom. The molecule has 32 heavy (non-hydrogen) atoms. The summed E-state index contributed by atoms with van der Waals surface area (Å²) >= 11 is 23.4. The lowest BCUT2D eigenvalue weighted by molar-refractivity contribution is -0.137. The van der Waals surface area contributed by atoms with Gasteiger partial charge in [0, 0.05) is 18.6 Å². The summed E-state index contributed by atoms with van der Waals surface area (Å²) in [5.74, 6) is 0.680. The predicted molar refractivity (Wildman–Crippen MR) is 116 cm³/mol. The molecule has 2 aromatic carbocycles. The number of benzene rings is 2. The van der Waals surface area contributed by atoms with Gasteiger partial charge in [0.2, 0.25) is 0 Å². The van der Waals surface area contributed by atoms with E-state index in [1.165, 1.54) is 24.3 Å². The van der Waals surface area contributed by atoms with Crippen molar-refractivity contribution in [2.75, 3.05) is 19.8 Å². The third-order valence-corrected chi connectivity index (χ3v) is 4.79. The molecule has 12 heteroatoms. The highest BCUT2D eigenvalue weighted by atomic mass is 35.5. The molecule has 0 N–H and O–H groups in total. The highest BCUT2D eigenvalue weighted by Gasteiger charge is 2.31. The van der Waals surface area contributed by atoms with Crippen LogP contribution in [0.4, 0.5) is 13.2 Å². The second-order valence-corrected chi connectivity index (χ2v) is 8.05. The fourth-order valence-corrected chi connectivity index (χ4v) is 3.20. The fourth-order valence-electron chi connectivity index (χ4n) is 2.49. The van der Waals surface area contributed by atoms with Crippen molar-refractivity contribution in [3.05, 3.63) is 56.5 Å². The molecule has 3 rings (SSSR count). The molecule has 0 aliphatic carbocycles. The summed E-state index contributed by atoms with van der Waals surface area (Å²) in [7, 11) is 0. The molecule has 0 atom stereocenters. The van der Waals surface area contributed by atoms with Crippen molar-refractivity contribution < 1.29 is 31.8 Å². The van der Waals surface area contributed by atoms with E-state index in [0.29, 0.717) is 12.2 Å². The van der Waals surface area contributed by atoms with Crippen molar-refractivity contribution >= 4 is 57.5 Å². The second kappa shape index (κ2) is 10.7. The van der Waals surface area contributed by atoms with Crippen LogP contribution in [0.25, 0.3) is 11.1 Å². The minimum Gasteiger partial charge on any atom is -0.490 e. The molecule has 1 aromatic heterocycles. The van der Waals surface area contributed by atoms with Crippen molar-refractivity contribution in [1.29, 1.82) is 0 Å². The summed E-state index contributed by atoms with van der Waals surface area (Å²) in [6.07, 6.45) is -2.75. The van der Waals surface area contributed by atoms with Crippen LogP contribution in [0.5, 0.6) is 17.6 Å². The van der Waals surface area contributed by atoms with Gasteiger partial charge in [0.25, 0.3) is 0 Å².